The van der Waals surface area contributed by atoms with Crippen molar-refractivity contribution < 1.29 is 14.3 Å². The van der Waals surface area contributed by atoms with Crippen molar-refractivity contribution in [2.24, 2.45) is 0 Å². The number of nitrogen functional groups attached to an aromatic ring is 1. The summed E-state index contributed by atoms with van der Waals surface area (Å²) in [4.78, 5) is 10.7. The molecule has 5 heteroatoms. The number of hydrogen-bond acceptors (Lipinski definition) is 4. The van der Waals surface area contributed by atoms with Crippen molar-refractivity contribution in [2.75, 3.05) is 18.9 Å². The molecule has 0 saturated carbocycles. The number of hydrogen-bond donors (Lipinski definition) is 2. The normalized spacial score (nSPS) is 19.5. The highest BCUT2D eigenvalue weighted by Gasteiger charge is 2.22. The maximum atomic E-state index is 10.7. The van der Waals surface area contributed by atoms with Crippen molar-refractivity contribution in [3.8, 4) is 5.75 Å². The number of anilines is 1. The Morgan fingerprint density at radius 1 is 1.60 bits per heavy atom. The van der Waals surface area contributed by atoms with Gasteiger partial charge in [0, 0.05) is 11.8 Å². The van der Waals surface area contributed by atoms with Crippen LogP contribution in [0.25, 0.3) is 0 Å². The van der Waals surface area contributed by atoms with Crippen LogP contribution in [0.1, 0.15) is 0 Å². The first-order valence-corrected chi connectivity index (χ1v) is 4.67. The molecule has 0 bridgehead atoms. The third-order valence-corrected chi connectivity index (χ3v) is 2.04. The van der Waals surface area contributed by atoms with E-state index < -0.39 is 6.09 Å². The van der Waals surface area contributed by atoms with Crippen molar-refractivity contribution in [3.05, 3.63) is 24.3 Å². The lowest BCUT2D eigenvalue weighted by atomic mass is 10.3. The molecular weight excluding hydrogens is 196 g/mol. The van der Waals surface area contributed by atoms with Gasteiger partial charge in [0.2, 0.25) is 0 Å². The van der Waals surface area contributed by atoms with E-state index in [2.05, 4.69) is 5.32 Å². The lowest BCUT2D eigenvalue weighted by molar-refractivity contribution is 0.105. The van der Waals surface area contributed by atoms with Crippen molar-refractivity contribution in [1.29, 1.82) is 0 Å². The molecule has 2 rings (SSSR count). The fourth-order valence-electron chi connectivity index (χ4n) is 1.32. The molecule has 1 aromatic carbocycles. The molecule has 0 spiro atoms. The average molecular weight is 208 g/mol. The molecule has 3 N–H and O–H groups in total. The first-order valence-electron chi connectivity index (χ1n) is 4.67. The van der Waals surface area contributed by atoms with Crippen LogP contribution < -0.4 is 15.8 Å². The fraction of sp³-hybridized carbons (Fsp3) is 0.300. The number of rotatable bonds is 3. The zero-order valence-corrected chi connectivity index (χ0v) is 8.10. The second-order valence-electron chi connectivity index (χ2n) is 3.29. The minimum Gasteiger partial charge on any atom is -0.490 e. The van der Waals surface area contributed by atoms with Gasteiger partial charge in [-0.05, 0) is 12.1 Å². The molecule has 0 aromatic heterocycles. The monoisotopic (exact) mass is 208 g/mol. The Balaban J connectivity index is 1.85. The number of nitrogens with two attached hydrogens (primary N) is 1. The number of benzene rings is 1. The van der Waals surface area contributed by atoms with Gasteiger partial charge in [-0.3, -0.25) is 0 Å². The first-order chi connectivity index (χ1) is 7.24. The molecule has 1 aliphatic rings. The summed E-state index contributed by atoms with van der Waals surface area (Å²) in [7, 11) is 0. The molecule has 1 saturated heterocycles. The minimum atomic E-state index is -0.392. The summed E-state index contributed by atoms with van der Waals surface area (Å²) < 4.78 is 10.3. The number of amides is 1. The fourth-order valence-corrected chi connectivity index (χ4v) is 1.32. The Kier molecular flexibility index (Phi) is 2.62. The zero-order chi connectivity index (χ0) is 10.7. The quantitative estimate of drug-likeness (QED) is 0.719. The molecule has 5 nitrogen and oxygen atoms in total. The molecule has 1 unspecified atom stereocenters. The van der Waals surface area contributed by atoms with Crippen LogP contribution in [0.15, 0.2) is 24.3 Å². The van der Waals surface area contributed by atoms with Gasteiger partial charge in [0.15, 0.2) is 6.10 Å². The summed E-state index contributed by atoms with van der Waals surface area (Å²) in [6.07, 6.45) is -0.616. The van der Waals surface area contributed by atoms with Crippen molar-refractivity contribution in [3.63, 3.8) is 0 Å². The third kappa shape index (κ3) is 2.52. The van der Waals surface area contributed by atoms with Gasteiger partial charge in [0.25, 0.3) is 0 Å². The maximum absolute atomic E-state index is 10.7. The first kappa shape index (κ1) is 9.64. The van der Waals surface area contributed by atoms with Gasteiger partial charge in [-0.1, -0.05) is 6.07 Å². The van der Waals surface area contributed by atoms with Gasteiger partial charge in [-0.25, -0.2) is 4.79 Å². The van der Waals surface area contributed by atoms with E-state index >= 15 is 0 Å². The Bertz CT molecular complexity index is 367. The Morgan fingerprint density at radius 2 is 2.47 bits per heavy atom. The van der Waals surface area contributed by atoms with Crippen molar-refractivity contribution >= 4 is 11.8 Å². The summed E-state index contributed by atoms with van der Waals surface area (Å²) in [6, 6.07) is 7.12. The van der Waals surface area contributed by atoms with Gasteiger partial charge >= 0.3 is 6.09 Å². The number of carbonyl (C=O) groups excluding carboxylic acids is 1. The van der Waals surface area contributed by atoms with Crippen LogP contribution in [0, 0.1) is 0 Å². The molecule has 0 aliphatic carbocycles. The van der Waals surface area contributed by atoms with E-state index in [4.69, 9.17) is 15.2 Å². The van der Waals surface area contributed by atoms with E-state index in [1.807, 2.05) is 6.07 Å². The minimum absolute atomic E-state index is 0.223. The van der Waals surface area contributed by atoms with E-state index in [1.165, 1.54) is 0 Å². The van der Waals surface area contributed by atoms with Gasteiger partial charge < -0.3 is 20.5 Å². The van der Waals surface area contributed by atoms with Crippen LogP contribution in [-0.4, -0.2) is 25.3 Å². The van der Waals surface area contributed by atoms with Gasteiger partial charge in [-0.2, -0.15) is 0 Å². The van der Waals surface area contributed by atoms with Crippen LogP contribution in [0.4, 0.5) is 10.5 Å². The highest BCUT2D eigenvalue weighted by atomic mass is 16.6. The zero-order valence-electron chi connectivity index (χ0n) is 8.10. The standard InChI is InChI=1S/C10H12N2O3/c11-7-2-1-3-8(4-7)14-6-9-5-12-10(13)15-9/h1-4,9H,5-6,11H2,(H,12,13). The lowest BCUT2D eigenvalue weighted by Crippen LogP contribution is -2.21. The van der Waals surface area contributed by atoms with Crippen LogP contribution in [0.2, 0.25) is 0 Å². The molecule has 1 aliphatic heterocycles. The summed E-state index contributed by atoms with van der Waals surface area (Å²) in [5, 5.41) is 2.55. The summed E-state index contributed by atoms with van der Waals surface area (Å²) in [5.41, 5.74) is 6.23. The molecule has 1 heterocycles. The predicted molar refractivity (Wildman–Crippen MR) is 54.6 cm³/mol. The number of alkyl carbamates (subject to hydrolysis) is 1. The average Bonchev–Trinajstić information content (AvgIpc) is 2.62. The van der Waals surface area contributed by atoms with Crippen LogP contribution in [0.5, 0.6) is 5.75 Å². The smallest absolute Gasteiger partial charge is 0.407 e. The topological polar surface area (TPSA) is 73.6 Å². The molecule has 80 valence electrons. The Morgan fingerprint density at radius 3 is 3.13 bits per heavy atom. The van der Waals surface area contributed by atoms with E-state index in [9.17, 15) is 4.79 Å². The molecular formula is C10H12N2O3. The van der Waals surface area contributed by atoms with Gasteiger partial charge in [0.05, 0.1) is 6.54 Å². The second-order valence-corrected chi connectivity index (χ2v) is 3.29. The lowest BCUT2D eigenvalue weighted by Gasteiger charge is -2.10. The molecule has 1 atom stereocenters. The second kappa shape index (κ2) is 4.08. The predicted octanol–water partition coefficient (Wildman–Crippen LogP) is 0.756. The molecule has 0 radical (unpaired) electrons. The highest BCUT2D eigenvalue weighted by Crippen LogP contribution is 2.15. The largest absolute Gasteiger partial charge is 0.490 e. The maximum Gasteiger partial charge on any atom is 0.407 e. The van der Waals surface area contributed by atoms with Crippen LogP contribution in [-0.2, 0) is 4.74 Å². The molecule has 1 amide bonds. The number of cyclic esters (lactones) is 1. The summed E-state index contributed by atoms with van der Waals surface area (Å²) in [6.45, 7) is 0.823. The van der Waals surface area contributed by atoms with E-state index in [0.29, 0.717) is 24.6 Å². The van der Waals surface area contributed by atoms with E-state index in [1.54, 1.807) is 18.2 Å². The number of ether oxygens (including phenoxy) is 2. The van der Waals surface area contributed by atoms with E-state index in [-0.39, 0.29) is 6.10 Å². The van der Waals surface area contributed by atoms with E-state index in [0.717, 1.165) is 0 Å². The Hall–Kier alpha value is -1.91. The van der Waals surface area contributed by atoms with Crippen LogP contribution in [0.3, 0.4) is 0 Å². The summed E-state index contributed by atoms with van der Waals surface area (Å²) in [5.74, 6) is 0.679. The number of nitrogens with one attached hydrogen (secondary N) is 1. The number of carbonyl (C=O) groups is 1. The van der Waals surface area contributed by atoms with Crippen molar-refractivity contribution in [1.82, 2.24) is 5.32 Å². The SMILES string of the molecule is Nc1cccc(OCC2CNC(=O)O2)c1. The van der Waals surface area contributed by atoms with Gasteiger partial charge in [-0.15, -0.1) is 0 Å². The Labute approximate surface area is 87.2 Å². The summed E-state index contributed by atoms with van der Waals surface area (Å²) >= 11 is 0. The molecule has 1 aromatic rings. The molecule has 15 heavy (non-hydrogen) atoms. The van der Waals surface area contributed by atoms with Gasteiger partial charge in [0.1, 0.15) is 12.4 Å². The van der Waals surface area contributed by atoms with Crippen LogP contribution >= 0.6 is 0 Å². The molecule has 1 fully saturated rings. The van der Waals surface area contributed by atoms with Crippen molar-refractivity contribution in [2.45, 2.75) is 6.10 Å². The third-order valence-electron chi connectivity index (χ3n) is 2.04. The highest BCUT2D eigenvalue weighted by molar-refractivity contribution is 5.69.